The lowest BCUT2D eigenvalue weighted by Gasteiger charge is -2.18. The Kier molecular flexibility index (Phi) is 6.32. The molecule has 0 aliphatic rings. The van der Waals surface area contributed by atoms with Gasteiger partial charge in [0.1, 0.15) is 0 Å². The molecule has 1 atom stereocenters. The van der Waals surface area contributed by atoms with Crippen molar-refractivity contribution in [3.63, 3.8) is 0 Å². The van der Waals surface area contributed by atoms with Gasteiger partial charge in [-0.15, -0.1) is 0 Å². The van der Waals surface area contributed by atoms with Crippen LogP contribution in [0.4, 0.5) is 0 Å². The summed E-state index contributed by atoms with van der Waals surface area (Å²) in [6, 6.07) is 13.8. The average molecular weight is 328 g/mol. The number of nitrogens with zero attached hydrogens (tertiary/aromatic N) is 1. The maximum atomic E-state index is 12.1. The van der Waals surface area contributed by atoms with Gasteiger partial charge in [0.25, 0.3) is 0 Å². The van der Waals surface area contributed by atoms with Crippen LogP contribution in [0, 0.1) is 0 Å². The summed E-state index contributed by atoms with van der Waals surface area (Å²) < 4.78 is 0. The van der Waals surface area contributed by atoms with Crippen LogP contribution in [-0.2, 0) is 16.0 Å². The van der Waals surface area contributed by atoms with E-state index in [4.69, 9.17) is 0 Å². The molecule has 2 aromatic rings. The summed E-state index contributed by atoms with van der Waals surface area (Å²) in [7, 11) is 1.67. The van der Waals surface area contributed by atoms with Crippen LogP contribution in [0.2, 0.25) is 0 Å². The van der Waals surface area contributed by atoms with Gasteiger partial charge in [-0.3, -0.25) is 9.59 Å². The first-order chi connectivity index (χ1) is 11.5. The molecule has 0 spiro atoms. The molecular weight excluding hydrogens is 304 g/mol. The molecule has 0 fully saturated rings. The monoisotopic (exact) mass is 328 g/mol. The maximum Gasteiger partial charge on any atom is 0.241 e. The van der Waals surface area contributed by atoms with Crippen LogP contribution in [0.1, 0.15) is 18.9 Å². The molecule has 0 aliphatic carbocycles. The lowest BCUT2D eigenvalue weighted by atomic mass is 10.0. The molecule has 0 aromatic heterocycles. The third-order valence-corrected chi connectivity index (χ3v) is 3.98. The van der Waals surface area contributed by atoms with Gasteiger partial charge in [-0.05, 0) is 29.7 Å². The number of rotatable bonds is 7. The molecule has 2 N–H and O–H groups in total. The second kappa shape index (κ2) is 8.45. The number of benzene rings is 2. The van der Waals surface area contributed by atoms with E-state index in [2.05, 4.69) is 5.32 Å². The normalized spacial score (nSPS) is 12.0. The van der Waals surface area contributed by atoms with Crippen molar-refractivity contribution >= 4 is 22.6 Å². The zero-order chi connectivity index (χ0) is 17.5. The number of carbonyl (C=O) groups is 2. The Morgan fingerprint density at radius 3 is 2.62 bits per heavy atom. The number of hydrogen-bond acceptors (Lipinski definition) is 3. The predicted octanol–water partition coefficient (Wildman–Crippen LogP) is 1.73. The quantitative estimate of drug-likeness (QED) is 0.813. The molecule has 0 heterocycles. The molecule has 5 nitrogen and oxygen atoms in total. The van der Waals surface area contributed by atoms with Gasteiger partial charge in [-0.1, -0.05) is 42.5 Å². The maximum absolute atomic E-state index is 12.1. The first-order valence-corrected chi connectivity index (χ1v) is 8.12. The number of likely N-dealkylation sites (N-methyl/N-ethyl adjacent to an activating group) is 1. The van der Waals surface area contributed by atoms with Crippen molar-refractivity contribution in [2.45, 2.75) is 25.9 Å². The highest BCUT2D eigenvalue weighted by Crippen LogP contribution is 2.18. The van der Waals surface area contributed by atoms with Crippen LogP contribution in [0.25, 0.3) is 10.8 Å². The Bertz CT molecular complexity index is 707. The Labute approximate surface area is 142 Å². The second-order valence-corrected chi connectivity index (χ2v) is 6.04. The minimum atomic E-state index is -0.443. The largest absolute Gasteiger partial charge is 0.393 e. The molecular formula is C19H24N2O3. The Balaban J connectivity index is 1.88. The molecule has 5 heteroatoms. The van der Waals surface area contributed by atoms with Crippen molar-refractivity contribution < 1.29 is 14.7 Å². The van der Waals surface area contributed by atoms with Crippen LogP contribution >= 0.6 is 0 Å². The van der Waals surface area contributed by atoms with Gasteiger partial charge in [-0.2, -0.15) is 0 Å². The van der Waals surface area contributed by atoms with Crippen LogP contribution in [-0.4, -0.2) is 48.1 Å². The molecule has 24 heavy (non-hydrogen) atoms. The lowest BCUT2D eigenvalue weighted by Crippen LogP contribution is -2.39. The van der Waals surface area contributed by atoms with E-state index in [9.17, 15) is 14.7 Å². The van der Waals surface area contributed by atoms with E-state index < -0.39 is 6.10 Å². The SMILES string of the molecule is CC(O)CCN(C)C(=O)CNC(=O)Cc1cccc2ccccc12. The van der Waals surface area contributed by atoms with Crippen LogP contribution in [0.15, 0.2) is 42.5 Å². The van der Waals surface area contributed by atoms with E-state index in [1.54, 1.807) is 14.0 Å². The van der Waals surface area contributed by atoms with Gasteiger partial charge in [0, 0.05) is 13.6 Å². The molecule has 2 amide bonds. The van der Waals surface area contributed by atoms with E-state index in [-0.39, 0.29) is 24.8 Å². The average Bonchev–Trinajstić information content (AvgIpc) is 2.57. The molecule has 128 valence electrons. The van der Waals surface area contributed by atoms with Gasteiger partial charge in [-0.25, -0.2) is 0 Å². The molecule has 0 radical (unpaired) electrons. The fourth-order valence-electron chi connectivity index (χ4n) is 2.50. The smallest absolute Gasteiger partial charge is 0.241 e. The lowest BCUT2D eigenvalue weighted by molar-refractivity contribution is -0.131. The summed E-state index contributed by atoms with van der Waals surface area (Å²) in [4.78, 5) is 25.6. The van der Waals surface area contributed by atoms with Crippen molar-refractivity contribution in [1.82, 2.24) is 10.2 Å². The number of amides is 2. The molecule has 2 aromatic carbocycles. The van der Waals surface area contributed by atoms with Crippen molar-refractivity contribution in [2.75, 3.05) is 20.1 Å². The Hall–Kier alpha value is -2.40. The number of fused-ring (bicyclic) bond motifs is 1. The van der Waals surface area contributed by atoms with Crippen molar-refractivity contribution in [3.8, 4) is 0 Å². The van der Waals surface area contributed by atoms with E-state index >= 15 is 0 Å². The zero-order valence-corrected chi connectivity index (χ0v) is 14.2. The summed E-state index contributed by atoms with van der Waals surface area (Å²) in [6.45, 7) is 2.12. The topological polar surface area (TPSA) is 69.6 Å². The van der Waals surface area contributed by atoms with Gasteiger partial charge in [0.05, 0.1) is 19.1 Å². The predicted molar refractivity (Wildman–Crippen MR) is 94.6 cm³/mol. The Morgan fingerprint density at radius 1 is 1.17 bits per heavy atom. The second-order valence-electron chi connectivity index (χ2n) is 6.04. The summed E-state index contributed by atoms with van der Waals surface area (Å²) >= 11 is 0. The molecule has 0 aliphatic heterocycles. The summed E-state index contributed by atoms with van der Waals surface area (Å²) in [5.74, 6) is -0.342. The van der Waals surface area contributed by atoms with E-state index in [1.807, 2.05) is 42.5 Å². The van der Waals surface area contributed by atoms with Gasteiger partial charge in [0.15, 0.2) is 0 Å². The summed E-state index contributed by atoms with van der Waals surface area (Å²) in [5.41, 5.74) is 0.945. The third kappa shape index (κ3) is 5.06. The highest BCUT2D eigenvalue weighted by molar-refractivity contribution is 5.91. The van der Waals surface area contributed by atoms with Crippen molar-refractivity contribution in [2.24, 2.45) is 0 Å². The van der Waals surface area contributed by atoms with Crippen LogP contribution in [0.3, 0.4) is 0 Å². The first-order valence-electron chi connectivity index (χ1n) is 8.12. The van der Waals surface area contributed by atoms with Gasteiger partial charge >= 0.3 is 0 Å². The zero-order valence-electron chi connectivity index (χ0n) is 14.2. The molecule has 0 bridgehead atoms. The summed E-state index contributed by atoms with van der Waals surface area (Å²) in [6.07, 6.45) is 0.319. The summed E-state index contributed by atoms with van der Waals surface area (Å²) in [5, 5.41) is 14.1. The number of aliphatic hydroxyl groups excluding tert-OH is 1. The van der Waals surface area contributed by atoms with Gasteiger partial charge in [0.2, 0.25) is 11.8 Å². The third-order valence-electron chi connectivity index (χ3n) is 3.98. The van der Waals surface area contributed by atoms with Crippen LogP contribution in [0.5, 0.6) is 0 Å². The Morgan fingerprint density at radius 2 is 1.88 bits per heavy atom. The van der Waals surface area contributed by atoms with E-state index in [0.717, 1.165) is 16.3 Å². The number of carbonyl (C=O) groups excluding carboxylic acids is 2. The van der Waals surface area contributed by atoms with Crippen LogP contribution < -0.4 is 5.32 Å². The first kappa shape index (κ1) is 17.9. The minimum Gasteiger partial charge on any atom is -0.393 e. The number of hydrogen-bond donors (Lipinski definition) is 2. The van der Waals surface area contributed by atoms with Gasteiger partial charge < -0.3 is 15.3 Å². The highest BCUT2D eigenvalue weighted by atomic mass is 16.3. The molecule has 0 saturated heterocycles. The standard InChI is InChI=1S/C19H24N2O3/c1-14(22)10-11-21(2)19(24)13-20-18(23)12-16-8-5-7-15-6-3-4-9-17(15)16/h3-9,14,22H,10-13H2,1-2H3,(H,20,23). The fraction of sp³-hybridized carbons (Fsp3) is 0.368. The highest BCUT2D eigenvalue weighted by Gasteiger charge is 2.12. The fourth-order valence-corrected chi connectivity index (χ4v) is 2.50. The molecule has 2 rings (SSSR count). The minimum absolute atomic E-state index is 0.0279. The number of aliphatic hydroxyl groups is 1. The number of nitrogens with one attached hydrogen (secondary N) is 1. The van der Waals surface area contributed by atoms with Crippen molar-refractivity contribution in [3.05, 3.63) is 48.0 Å². The molecule has 1 unspecified atom stereocenters. The van der Waals surface area contributed by atoms with Crippen molar-refractivity contribution in [1.29, 1.82) is 0 Å². The molecule has 0 saturated carbocycles. The van der Waals surface area contributed by atoms with E-state index in [1.165, 1.54) is 4.90 Å². The van der Waals surface area contributed by atoms with E-state index in [0.29, 0.717) is 13.0 Å².